The molecule has 2 heteroatoms. The summed E-state index contributed by atoms with van der Waals surface area (Å²) in [6, 6.07) is 0. The van der Waals surface area contributed by atoms with E-state index < -0.39 is 0 Å². The van der Waals surface area contributed by atoms with Crippen LogP contribution in [0.4, 0.5) is 0 Å². The van der Waals surface area contributed by atoms with Gasteiger partial charge in [0.1, 0.15) is 0 Å². The van der Waals surface area contributed by atoms with Gasteiger partial charge in [-0.05, 0) is 25.2 Å². The van der Waals surface area contributed by atoms with Gasteiger partial charge in [-0.1, -0.05) is 28.8 Å². The van der Waals surface area contributed by atoms with Crippen LogP contribution in [0.15, 0.2) is 0 Å². The second kappa shape index (κ2) is 3.67. The van der Waals surface area contributed by atoms with Gasteiger partial charge in [0.25, 0.3) is 0 Å². The van der Waals surface area contributed by atoms with E-state index in [1.165, 1.54) is 32.1 Å². The highest BCUT2D eigenvalue weighted by Crippen LogP contribution is 2.47. The molecule has 2 aliphatic carbocycles. The van der Waals surface area contributed by atoms with Crippen molar-refractivity contribution in [3.8, 4) is 0 Å². The summed E-state index contributed by atoms with van der Waals surface area (Å²) < 4.78 is 5.67. The van der Waals surface area contributed by atoms with Crippen LogP contribution in [-0.4, -0.2) is 18.5 Å². The molecule has 12 heavy (non-hydrogen) atoms. The SMILES string of the molecule is BrCC1(COCCC2CC2)CC1. The van der Waals surface area contributed by atoms with Crippen molar-refractivity contribution in [1.82, 2.24) is 0 Å². The van der Waals surface area contributed by atoms with Crippen molar-refractivity contribution in [3.63, 3.8) is 0 Å². The number of alkyl halides is 1. The molecular weight excluding hydrogens is 216 g/mol. The van der Waals surface area contributed by atoms with Crippen LogP contribution in [0.2, 0.25) is 0 Å². The Morgan fingerprint density at radius 1 is 1.33 bits per heavy atom. The zero-order valence-electron chi connectivity index (χ0n) is 7.52. The van der Waals surface area contributed by atoms with Crippen LogP contribution in [0.3, 0.4) is 0 Å². The standard InChI is InChI=1S/C10H17BrO/c11-7-10(4-5-10)8-12-6-3-9-1-2-9/h9H,1-8H2. The average molecular weight is 233 g/mol. The molecule has 2 rings (SSSR count). The molecule has 0 bridgehead atoms. The fourth-order valence-corrected chi connectivity index (χ4v) is 2.16. The minimum atomic E-state index is 0.545. The molecule has 0 spiro atoms. The first kappa shape index (κ1) is 9.01. The van der Waals surface area contributed by atoms with E-state index in [1.54, 1.807) is 0 Å². The molecule has 0 heterocycles. The number of rotatable bonds is 6. The summed E-state index contributed by atoms with van der Waals surface area (Å²) >= 11 is 3.55. The van der Waals surface area contributed by atoms with Crippen molar-refractivity contribution in [2.45, 2.75) is 32.1 Å². The predicted molar refractivity (Wildman–Crippen MR) is 53.6 cm³/mol. The van der Waals surface area contributed by atoms with Gasteiger partial charge in [0, 0.05) is 17.4 Å². The van der Waals surface area contributed by atoms with Gasteiger partial charge >= 0.3 is 0 Å². The van der Waals surface area contributed by atoms with Crippen LogP contribution >= 0.6 is 15.9 Å². The largest absolute Gasteiger partial charge is 0.381 e. The summed E-state index contributed by atoms with van der Waals surface area (Å²) in [5, 5.41) is 1.13. The van der Waals surface area contributed by atoms with Gasteiger partial charge in [-0.25, -0.2) is 0 Å². The predicted octanol–water partition coefficient (Wildman–Crippen LogP) is 2.98. The summed E-state index contributed by atoms with van der Waals surface area (Å²) in [6.07, 6.45) is 6.93. The van der Waals surface area contributed by atoms with Crippen molar-refractivity contribution in [2.75, 3.05) is 18.5 Å². The third-order valence-electron chi connectivity index (χ3n) is 3.02. The van der Waals surface area contributed by atoms with E-state index in [1.807, 2.05) is 0 Å². The number of hydrogen-bond donors (Lipinski definition) is 0. The van der Waals surface area contributed by atoms with Gasteiger partial charge in [0.15, 0.2) is 0 Å². The van der Waals surface area contributed by atoms with Gasteiger partial charge in [-0.15, -0.1) is 0 Å². The summed E-state index contributed by atoms with van der Waals surface area (Å²) in [5.74, 6) is 1.02. The van der Waals surface area contributed by atoms with E-state index in [2.05, 4.69) is 15.9 Å². The van der Waals surface area contributed by atoms with Crippen LogP contribution in [0.5, 0.6) is 0 Å². The highest BCUT2D eigenvalue weighted by Gasteiger charge is 2.41. The Balaban J connectivity index is 1.50. The van der Waals surface area contributed by atoms with Crippen molar-refractivity contribution in [1.29, 1.82) is 0 Å². The van der Waals surface area contributed by atoms with Crippen molar-refractivity contribution >= 4 is 15.9 Å². The summed E-state index contributed by atoms with van der Waals surface area (Å²) in [4.78, 5) is 0. The molecule has 0 amide bonds. The Labute approximate surface area is 83.0 Å². The van der Waals surface area contributed by atoms with Crippen LogP contribution in [-0.2, 0) is 4.74 Å². The molecule has 0 radical (unpaired) electrons. The topological polar surface area (TPSA) is 9.23 Å². The molecule has 2 fully saturated rings. The van der Waals surface area contributed by atoms with Gasteiger partial charge in [0.05, 0.1) is 6.61 Å². The van der Waals surface area contributed by atoms with Crippen molar-refractivity contribution in [2.24, 2.45) is 11.3 Å². The first-order valence-electron chi connectivity index (χ1n) is 4.98. The molecule has 0 unspecified atom stereocenters. The first-order chi connectivity index (χ1) is 5.85. The molecule has 0 aromatic heterocycles. The normalized spacial score (nSPS) is 25.8. The monoisotopic (exact) mass is 232 g/mol. The lowest BCUT2D eigenvalue weighted by molar-refractivity contribution is 0.0937. The van der Waals surface area contributed by atoms with Gasteiger partial charge < -0.3 is 4.74 Å². The minimum Gasteiger partial charge on any atom is -0.381 e. The molecule has 1 nitrogen and oxygen atoms in total. The number of ether oxygens (including phenoxy) is 1. The van der Waals surface area contributed by atoms with E-state index in [-0.39, 0.29) is 0 Å². The molecule has 2 aliphatic rings. The maximum absolute atomic E-state index is 5.67. The quantitative estimate of drug-likeness (QED) is 0.506. The van der Waals surface area contributed by atoms with Crippen molar-refractivity contribution in [3.05, 3.63) is 0 Å². The first-order valence-corrected chi connectivity index (χ1v) is 6.11. The molecule has 0 saturated heterocycles. The zero-order valence-corrected chi connectivity index (χ0v) is 9.11. The second-order valence-electron chi connectivity index (χ2n) is 4.42. The van der Waals surface area contributed by atoms with E-state index >= 15 is 0 Å². The molecule has 0 aromatic carbocycles. The van der Waals surface area contributed by atoms with E-state index in [4.69, 9.17) is 4.74 Å². The maximum atomic E-state index is 5.67. The maximum Gasteiger partial charge on any atom is 0.0530 e. The Kier molecular flexibility index (Phi) is 2.75. The summed E-state index contributed by atoms with van der Waals surface area (Å²) in [7, 11) is 0. The lowest BCUT2D eigenvalue weighted by Gasteiger charge is -2.11. The van der Waals surface area contributed by atoms with E-state index in [9.17, 15) is 0 Å². The van der Waals surface area contributed by atoms with Crippen LogP contribution in [0, 0.1) is 11.3 Å². The Bertz CT molecular complexity index is 150. The highest BCUT2D eigenvalue weighted by molar-refractivity contribution is 9.09. The third kappa shape index (κ3) is 2.46. The second-order valence-corrected chi connectivity index (χ2v) is 4.98. The van der Waals surface area contributed by atoms with E-state index in [0.29, 0.717) is 5.41 Å². The van der Waals surface area contributed by atoms with Gasteiger partial charge in [-0.3, -0.25) is 0 Å². The highest BCUT2D eigenvalue weighted by atomic mass is 79.9. The molecular formula is C10H17BrO. The van der Waals surface area contributed by atoms with Gasteiger partial charge in [-0.2, -0.15) is 0 Å². The Morgan fingerprint density at radius 3 is 2.58 bits per heavy atom. The van der Waals surface area contributed by atoms with Crippen LogP contribution < -0.4 is 0 Å². The lowest BCUT2D eigenvalue weighted by atomic mass is 10.2. The minimum absolute atomic E-state index is 0.545. The molecule has 0 atom stereocenters. The summed E-state index contributed by atoms with van der Waals surface area (Å²) in [6.45, 7) is 1.99. The average Bonchev–Trinajstić information content (AvgIpc) is 2.96. The molecule has 2 saturated carbocycles. The lowest BCUT2D eigenvalue weighted by Crippen LogP contribution is -2.12. The van der Waals surface area contributed by atoms with E-state index in [0.717, 1.165) is 24.5 Å². The summed E-state index contributed by atoms with van der Waals surface area (Å²) in [5.41, 5.74) is 0.545. The van der Waals surface area contributed by atoms with Gasteiger partial charge in [0.2, 0.25) is 0 Å². The fraction of sp³-hybridized carbons (Fsp3) is 1.00. The molecule has 70 valence electrons. The van der Waals surface area contributed by atoms with Crippen molar-refractivity contribution < 1.29 is 4.74 Å². The Hall–Kier alpha value is 0.440. The number of hydrogen-bond acceptors (Lipinski definition) is 1. The number of halogens is 1. The fourth-order valence-electron chi connectivity index (χ4n) is 1.44. The van der Waals surface area contributed by atoms with Crippen LogP contribution in [0.25, 0.3) is 0 Å². The van der Waals surface area contributed by atoms with Crippen LogP contribution in [0.1, 0.15) is 32.1 Å². The molecule has 0 aromatic rings. The third-order valence-corrected chi connectivity index (χ3v) is 4.21. The Morgan fingerprint density at radius 2 is 2.08 bits per heavy atom. The molecule has 0 aliphatic heterocycles. The molecule has 0 N–H and O–H groups in total. The zero-order chi connectivity index (χ0) is 8.44. The smallest absolute Gasteiger partial charge is 0.0530 e.